The van der Waals surface area contributed by atoms with E-state index in [-0.39, 0.29) is 25.2 Å². The summed E-state index contributed by atoms with van der Waals surface area (Å²) in [6, 6.07) is 0. The smallest absolute Gasteiger partial charge is 0.306 e. The minimum Gasteiger partial charge on any atom is -0.462 e. The van der Waals surface area contributed by atoms with Gasteiger partial charge in [-0.2, -0.15) is 0 Å². The van der Waals surface area contributed by atoms with Crippen LogP contribution in [-0.4, -0.2) is 37.9 Å². The molecule has 0 rings (SSSR count). The fraction of sp³-hybridized carbons (Fsp3) is 0.594. The predicted molar refractivity (Wildman–Crippen MR) is 324 cm³/mol. The number of esters is 2. The standard InChI is InChI=1S/C69H110O5/c1-4-7-10-13-16-19-22-25-28-31-34-37-40-43-46-49-52-55-58-61-64-72-65-67(74-69(71)63-60-57-54-51-48-45-42-39-36-33-30-27-24-21-18-15-12-9-6-3)66-73-68(70)62-59-56-53-50-47-44-41-38-35-32-29-26-23-20-17-14-11-8-5-2/h7-12,16-21,25-30,34-39,43,46,67H,4-6,13-15,22-24,31-33,40-42,44-45,47-66H2,1-3H3/b10-7-,11-8-,12-9-,19-16-,20-17-,21-18-,28-25-,29-26-,30-27-,37-34-,38-35-,39-36-,46-43-. The zero-order valence-corrected chi connectivity index (χ0v) is 47.8. The Bertz CT molecular complexity index is 1620. The third-order valence-corrected chi connectivity index (χ3v) is 12.0. The van der Waals surface area contributed by atoms with Crippen LogP contribution in [0.15, 0.2) is 158 Å². The third kappa shape index (κ3) is 60.1. The van der Waals surface area contributed by atoms with Gasteiger partial charge in [0.25, 0.3) is 0 Å². The van der Waals surface area contributed by atoms with Crippen LogP contribution in [0.3, 0.4) is 0 Å². The van der Waals surface area contributed by atoms with E-state index >= 15 is 0 Å². The highest BCUT2D eigenvalue weighted by atomic mass is 16.6. The average Bonchev–Trinajstić information content (AvgIpc) is 3.40. The normalized spacial score (nSPS) is 13.4. The highest BCUT2D eigenvalue weighted by molar-refractivity contribution is 5.70. The molecule has 0 aromatic heterocycles. The first kappa shape index (κ1) is 69.5. The summed E-state index contributed by atoms with van der Waals surface area (Å²) in [6.07, 6.45) is 92.7. The summed E-state index contributed by atoms with van der Waals surface area (Å²) in [4.78, 5) is 25.6. The molecular formula is C69H110O5. The van der Waals surface area contributed by atoms with E-state index in [2.05, 4.69) is 179 Å². The van der Waals surface area contributed by atoms with Gasteiger partial charge in [0.1, 0.15) is 6.61 Å². The number of hydrogen-bond acceptors (Lipinski definition) is 5. The minimum absolute atomic E-state index is 0.0500. The molecule has 0 aliphatic heterocycles. The lowest BCUT2D eigenvalue weighted by Crippen LogP contribution is -2.30. The van der Waals surface area contributed by atoms with E-state index in [0.29, 0.717) is 19.4 Å². The van der Waals surface area contributed by atoms with Gasteiger partial charge in [0.15, 0.2) is 6.10 Å². The quantitative estimate of drug-likeness (QED) is 0.0345. The van der Waals surface area contributed by atoms with Crippen molar-refractivity contribution in [1.29, 1.82) is 0 Å². The second-order valence-corrected chi connectivity index (χ2v) is 19.1. The molecule has 0 heterocycles. The van der Waals surface area contributed by atoms with Crippen molar-refractivity contribution >= 4 is 11.9 Å². The van der Waals surface area contributed by atoms with Gasteiger partial charge in [0.2, 0.25) is 0 Å². The summed E-state index contributed by atoms with van der Waals surface area (Å²) in [6.45, 7) is 7.39. The van der Waals surface area contributed by atoms with Crippen LogP contribution in [0.1, 0.15) is 239 Å². The predicted octanol–water partition coefficient (Wildman–Crippen LogP) is 21.0. The molecule has 0 aliphatic carbocycles. The maximum atomic E-state index is 12.9. The number of carbonyl (C=O) groups excluding carboxylic acids is 2. The van der Waals surface area contributed by atoms with Gasteiger partial charge in [-0.3, -0.25) is 9.59 Å². The summed E-state index contributed by atoms with van der Waals surface area (Å²) in [5.74, 6) is -0.453. The van der Waals surface area contributed by atoms with Crippen LogP contribution < -0.4 is 0 Å². The molecule has 0 saturated carbocycles. The van der Waals surface area contributed by atoms with Crippen LogP contribution in [-0.2, 0) is 23.8 Å². The van der Waals surface area contributed by atoms with E-state index in [1.807, 2.05) is 0 Å². The molecular weight excluding hydrogens is 909 g/mol. The van der Waals surface area contributed by atoms with Crippen molar-refractivity contribution in [3.8, 4) is 0 Å². The van der Waals surface area contributed by atoms with Crippen molar-refractivity contribution in [2.45, 2.75) is 245 Å². The average molecular weight is 1020 g/mol. The molecule has 0 fully saturated rings. The molecule has 416 valence electrons. The minimum atomic E-state index is -0.578. The second kappa shape index (κ2) is 62.8. The largest absolute Gasteiger partial charge is 0.462 e. The topological polar surface area (TPSA) is 61.8 Å². The van der Waals surface area contributed by atoms with E-state index in [0.717, 1.165) is 161 Å². The van der Waals surface area contributed by atoms with Crippen LogP contribution >= 0.6 is 0 Å². The lowest BCUT2D eigenvalue weighted by atomic mass is 10.1. The first-order chi connectivity index (χ1) is 36.6. The maximum absolute atomic E-state index is 12.9. The zero-order valence-electron chi connectivity index (χ0n) is 47.8. The summed E-state index contributed by atoms with van der Waals surface area (Å²) in [5.41, 5.74) is 0. The molecule has 1 atom stereocenters. The fourth-order valence-corrected chi connectivity index (χ4v) is 7.69. The summed E-state index contributed by atoms with van der Waals surface area (Å²) in [7, 11) is 0. The number of unbranched alkanes of at least 4 members (excludes halogenated alkanes) is 16. The van der Waals surface area contributed by atoms with Gasteiger partial charge in [-0.15, -0.1) is 0 Å². The van der Waals surface area contributed by atoms with Crippen LogP contribution in [0, 0.1) is 0 Å². The molecule has 74 heavy (non-hydrogen) atoms. The third-order valence-electron chi connectivity index (χ3n) is 12.0. The van der Waals surface area contributed by atoms with Crippen LogP contribution in [0.4, 0.5) is 0 Å². The van der Waals surface area contributed by atoms with Crippen LogP contribution in [0.25, 0.3) is 0 Å². The van der Waals surface area contributed by atoms with Gasteiger partial charge in [-0.25, -0.2) is 0 Å². The van der Waals surface area contributed by atoms with Crippen molar-refractivity contribution in [1.82, 2.24) is 0 Å². The molecule has 0 spiro atoms. The van der Waals surface area contributed by atoms with Gasteiger partial charge in [0.05, 0.1) is 6.61 Å². The summed E-state index contributed by atoms with van der Waals surface area (Å²) < 4.78 is 17.5. The molecule has 5 heteroatoms. The van der Waals surface area contributed by atoms with Crippen molar-refractivity contribution in [3.05, 3.63) is 158 Å². The number of ether oxygens (including phenoxy) is 3. The SMILES string of the molecule is CC/C=C\C/C=C\C/C=C\C/C=C\C/C=C\CCCCCCOCC(COC(=O)CCCCCCCC/C=C\C/C=C\C/C=C\C/C=C\CC)OC(=O)CCCCCCCC/C=C\C/C=C\C/C=C\C/C=C\CC. The van der Waals surface area contributed by atoms with Crippen LogP contribution in [0.2, 0.25) is 0 Å². The second-order valence-electron chi connectivity index (χ2n) is 19.1. The van der Waals surface area contributed by atoms with Crippen molar-refractivity contribution in [2.75, 3.05) is 19.8 Å². The summed E-state index contributed by atoms with van der Waals surface area (Å²) in [5, 5.41) is 0. The Hall–Kier alpha value is -4.48. The fourth-order valence-electron chi connectivity index (χ4n) is 7.69. The van der Waals surface area contributed by atoms with Crippen molar-refractivity contribution < 1.29 is 23.8 Å². The highest BCUT2D eigenvalue weighted by Gasteiger charge is 2.17. The van der Waals surface area contributed by atoms with Gasteiger partial charge in [0, 0.05) is 19.4 Å². The monoisotopic (exact) mass is 1020 g/mol. The molecule has 0 aromatic carbocycles. The van der Waals surface area contributed by atoms with Gasteiger partial charge in [-0.05, 0) is 141 Å². The van der Waals surface area contributed by atoms with Gasteiger partial charge >= 0.3 is 11.9 Å². The lowest BCUT2D eigenvalue weighted by molar-refractivity contribution is -0.163. The van der Waals surface area contributed by atoms with E-state index in [9.17, 15) is 9.59 Å². The number of allylic oxidation sites excluding steroid dienone is 26. The van der Waals surface area contributed by atoms with Crippen LogP contribution in [0.5, 0.6) is 0 Å². The van der Waals surface area contributed by atoms with Crippen molar-refractivity contribution in [2.24, 2.45) is 0 Å². The van der Waals surface area contributed by atoms with E-state index in [1.165, 1.54) is 44.9 Å². The zero-order chi connectivity index (χ0) is 53.4. The lowest BCUT2D eigenvalue weighted by Gasteiger charge is -2.18. The molecule has 0 amide bonds. The van der Waals surface area contributed by atoms with E-state index < -0.39 is 6.10 Å². The molecule has 5 nitrogen and oxygen atoms in total. The molecule has 0 saturated heterocycles. The van der Waals surface area contributed by atoms with Crippen molar-refractivity contribution in [3.63, 3.8) is 0 Å². The molecule has 0 aromatic rings. The Morgan fingerprint density at radius 2 is 0.568 bits per heavy atom. The maximum Gasteiger partial charge on any atom is 0.306 e. The van der Waals surface area contributed by atoms with E-state index in [4.69, 9.17) is 14.2 Å². The molecule has 0 aliphatic rings. The Morgan fingerprint density at radius 3 is 0.905 bits per heavy atom. The Labute approximate surface area is 456 Å². The number of carbonyl (C=O) groups is 2. The number of rotatable bonds is 53. The van der Waals surface area contributed by atoms with Gasteiger partial charge in [-0.1, -0.05) is 243 Å². The highest BCUT2D eigenvalue weighted by Crippen LogP contribution is 2.13. The number of hydrogen-bond donors (Lipinski definition) is 0. The Morgan fingerprint density at radius 1 is 0.297 bits per heavy atom. The molecule has 0 radical (unpaired) electrons. The Kier molecular flexibility index (Phi) is 59.0. The first-order valence-electron chi connectivity index (χ1n) is 30.0. The first-order valence-corrected chi connectivity index (χ1v) is 30.0. The molecule has 0 N–H and O–H groups in total. The Balaban J connectivity index is 4.44. The molecule has 1 unspecified atom stereocenters. The summed E-state index contributed by atoms with van der Waals surface area (Å²) >= 11 is 0. The molecule has 0 bridgehead atoms. The van der Waals surface area contributed by atoms with Gasteiger partial charge < -0.3 is 14.2 Å². The van der Waals surface area contributed by atoms with E-state index in [1.54, 1.807) is 0 Å².